The van der Waals surface area contributed by atoms with Crippen LogP contribution in [-0.2, 0) is 5.41 Å². The fourth-order valence-corrected chi connectivity index (χ4v) is 11.6. The predicted molar refractivity (Wildman–Crippen MR) is 271 cm³/mol. The summed E-state index contributed by atoms with van der Waals surface area (Å²) in [5.41, 5.74) is 19.7. The highest BCUT2D eigenvalue weighted by molar-refractivity contribution is 6.12. The van der Waals surface area contributed by atoms with Gasteiger partial charge in [-0.05, 0) is 125 Å². The molecule has 2 nitrogen and oxygen atoms in total. The summed E-state index contributed by atoms with van der Waals surface area (Å²) in [6.07, 6.45) is 0. The highest BCUT2D eigenvalue weighted by Crippen LogP contribution is 2.63. The summed E-state index contributed by atoms with van der Waals surface area (Å²) in [6.45, 7) is 0. The molecule has 0 atom stereocenters. The molecule has 1 heterocycles. The van der Waals surface area contributed by atoms with E-state index in [1.807, 2.05) is 6.07 Å². The van der Waals surface area contributed by atoms with Gasteiger partial charge >= 0.3 is 0 Å². The Morgan fingerprint density at radius 1 is 0.308 bits per heavy atom. The summed E-state index contributed by atoms with van der Waals surface area (Å²) in [7, 11) is 0. The molecular weight excluding hydrogens is 787 g/mol. The molecule has 0 radical (unpaired) electrons. The second-order valence-corrected chi connectivity index (χ2v) is 17.5. The molecule has 1 spiro atoms. The van der Waals surface area contributed by atoms with Gasteiger partial charge in [-0.25, -0.2) is 0 Å². The van der Waals surface area contributed by atoms with Gasteiger partial charge in [-0.1, -0.05) is 200 Å². The first kappa shape index (κ1) is 36.1. The fraction of sp³-hybridized carbons (Fsp3) is 0.0159. The molecular formula is C63H39NO. The van der Waals surface area contributed by atoms with Gasteiger partial charge in [0, 0.05) is 22.1 Å². The minimum absolute atomic E-state index is 0.463. The molecule has 65 heavy (non-hydrogen) atoms. The summed E-state index contributed by atoms with van der Waals surface area (Å²) in [5.74, 6) is 0. The summed E-state index contributed by atoms with van der Waals surface area (Å²) in [5, 5.41) is 7.20. The quantitative estimate of drug-likeness (QED) is 0.172. The Labute approximate surface area is 376 Å². The van der Waals surface area contributed by atoms with E-state index in [9.17, 15) is 0 Å². The lowest BCUT2D eigenvalue weighted by Crippen LogP contribution is -2.26. The van der Waals surface area contributed by atoms with Crippen LogP contribution in [0.1, 0.15) is 22.3 Å². The molecule has 0 aliphatic heterocycles. The topological polar surface area (TPSA) is 16.4 Å². The molecule has 1 aromatic heterocycles. The molecule has 0 fully saturated rings. The standard InChI is InChI=1S/C63H39NO/c1-2-17-44-40(15-1)16-13-24-47(44)49-38-37-45(46-18-3-4-19-48(46)49)41-31-33-42(34-32-41)64(60-29-14-25-55-54-23-8-12-30-61(54)65-62(55)60)43-35-36-53-52-22-7-11-28-58(52)63(59(53)39-43)56-26-9-5-20-50(56)51-21-6-10-27-57(51)63/h1-39H. The molecule has 2 aliphatic carbocycles. The van der Waals surface area contributed by atoms with Crippen molar-refractivity contribution >= 4 is 60.5 Å². The molecule has 2 aliphatic rings. The molecule has 0 unspecified atom stereocenters. The number of furan rings is 1. The van der Waals surface area contributed by atoms with E-state index in [4.69, 9.17) is 4.42 Å². The first-order valence-corrected chi connectivity index (χ1v) is 22.5. The van der Waals surface area contributed by atoms with Gasteiger partial charge < -0.3 is 9.32 Å². The van der Waals surface area contributed by atoms with Crippen LogP contribution in [0.4, 0.5) is 17.1 Å². The van der Waals surface area contributed by atoms with Gasteiger partial charge in [-0.3, -0.25) is 0 Å². The zero-order valence-corrected chi connectivity index (χ0v) is 35.4. The normalized spacial score (nSPS) is 13.0. The number of benzene rings is 11. The van der Waals surface area contributed by atoms with Crippen LogP contribution in [-0.4, -0.2) is 0 Å². The van der Waals surface area contributed by atoms with E-state index in [-0.39, 0.29) is 0 Å². The van der Waals surface area contributed by atoms with Gasteiger partial charge in [-0.2, -0.15) is 0 Å². The summed E-state index contributed by atoms with van der Waals surface area (Å²) in [4.78, 5) is 2.40. The van der Waals surface area contributed by atoms with E-state index in [1.165, 1.54) is 88.3 Å². The van der Waals surface area contributed by atoms with E-state index in [2.05, 4.69) is 235 Å². The van der Waals surface area contributed by atoms with Gasteiger partial charge in [-0.15, -0.1) is 0 Å². The van der Waals surface area contributed by atoms with Gasteiger partial charge in [0.05, 0.1) is 11.1 Å². The minimum Gasteiger partial charge on any atom is -0.454 e. The van der Waals surface area contributed by atoms with E-state index < -0.39 is 5.41 Å². The number of hydrogen-bond acceptors (Lipinski definition) is 2. The largest absolute Gasteiger partial charge is 0.454 e. The molecule has 14 rings (SSSR count). The molecule has 2 heteroatoms. The fourth-order valence-electron chi connectivity index (χ4n) is 11.6. The Hall–Kier alpha value is -8.46. The van der Waals surface area contributed by atoms with E-state index in [0.717, 1.165) is 39.0 Å². The third-order valence-electron chi connectivity index (χ3n) is 14.3. The van der Waals surface area contributed by atoms with Crippen molar-refractivity contribution in [2.45, 2.75) is 5.41 Å². The van der Waals surface area contributed by atoms with Crippen LogP contribution in [0.3, 0.4) is 0 Å². The first-order chi connectivity index (χ1) is 32.3. The third kappa shape index (κ3) is 5.05. The molecule has 0 saturated heterocycles. The number of nitrogens with zero attached hydrogens (tertiary/aromatic N) is 1. The first-order valence-electron chi connectivity index (χ1n) is 22.5. The molecule has 0 saturated carbocycles. The molecule has 12 aromatic rings. The number of anilines is 3. The van der Waals surface area contributed by atoms with Crippen LogP contribution in [0.25, 0.3) is 88.0 Å². The molecule has 0 bridgehead atoms. The summed E-state index contributed by atoms with van der Waals surface area (Å²) < 4.78 is 6.81. The highest BCUT2D eigenvalue weighted by Gasteiger charge is 2.51. The number of hydrogen-bond donors (Lipinski definition) is 0. The van der Waals surface area contributed by atoms with E-state index in [0.29, 0.717) is 0 Å². The van der Waals surface area contributed by atoms with E-state index in [1.54, 1.807) is 0 Å². The maximum atomic E-state index is 6.81. The van der Waals surface area contributed by atoms with Crippen molar-refractivity contribution in [2.24, 2.45) is 0 Å². The van der Waals surface area contributed by atoms with Crippen molar-refractivity contribution in [1.82, 2.24) is 0 Å². The zero-order valence-electron chi connectivity index (χ0n) is 35.4. The van der Waals surface area contributed by atoms with Crippen molar-refractivity contribution in [3.8, 4) is 44.5 Å². The monoisotopic (exact) mass is 825 g/mol. The van der Waals surface area contributed by atoms with Crippen LogP contribution in [0.15, 0.2) is 241 Å². The number of fused-ring (bicyclic) bond motifs is 15. The van der Waals surface area contributed by atoms with Gasteiger partial charge in [0.25, 0.3) is 0 Å². The van der Waals surface area contributed by atoms with E-state index >= 15 is 0 Å². The Bertz CT molecular complexity index is 3840. The molecule has 11 aromatic carbocycles. The third-order valence-corrected chi connectivity index (χ3v) is 14.3. The maximum Gasteiger partial charge on any atom is 0.159 e. The molecule has 0 N–H and O–H groups in total. The van der Waals surface area contributed by atoms with Crippen molar-refractivity contribution in [3.05, 3.63) is 259 Å². The smallest absolute Gasteiger partial charge is 0.159 e. The van der Waals surface area contributed by atoms with Crippen molar-refractivity contribution < 1.29 is 4.42 Å². The van der Waals surface area contributed by atoms with Gasteiger partial charge in [0.2, 0.25) is 0 Å². The maximum absolute atomic E-state index is 6.81. The Morgan fingerprint density at radius 2 is 0.785 bits per heavy atom. The van der Waals surface area contributed by atoms with Crippen molar-refractivity contribution in [2.75, 3.05) is 4.90 Å². The second kappa shape index (κ2) is 13.8. The molecule has 302 valence electrons. The van der Waals surface area contributed by atoms with Gasteiger partial charge in [0.15, 0.2) is 5.58 Å². The number of rotatable bonds is 5. The second-order valence-electron chi connectivity index (χ2n) is 17.5. The number of para-hydroxylation sites is 2. The van der Waals surface area contributed by atoms with Crippen molar-refractivity contribution in [3.63, 3.8) is 0 Å². The average molecular weight is 826 g/mol. The van der Waals surface area contributed by atoms with Crippen LogP contribution < -0.4 is 4.90 Å². The average Bonchev–Trinajstić information content (AvgIpc) is 4.01. The zero-order chi connectivity index (χ0) is 42.6. The summed E-state index contributed by atoms with van der Waals surface area (Å²) >= 11 is 0. The Kier molecular flexibility index (Phi) is 7.64. The highest BCUT2D eigenvalue weighted by atomic mass is 16.3. The van der Waals surface area contributed by atoms with Gasteiger partial charge in [0.1, 0.15) is 5.58 Å². The Balaban J connectivity index is 0.970. The lowest BCUT2D eigenvalue weighted by atomic mass is 9.70. The minimum atomic E-state index is -0.463. The van der Waals surface area contributed by atoms with Crippen LogP contribution in [0, 0.1) is 0 Å². The van der Waals surface area contributed by atoms with Crippen molar-refractivity contribution in [1.29, 1.82) is 0 Å². The SMILES string of the molecule is c1ccc2c(c1)-c1ccccc1C21c2ccccc2-c2ccc(N(c3ccc(-c4ccc(-c5cccc6ccccc56)c5ccccc45)cc3)c3cccc4c3oc3ccccc34)cc21. The van der Waals surface area contributed by atoms with Crippen LogP contribution in [0.2, 0.25) is 0 Å². The lowest BCUT2D eigenvalue weighted by molar-refractivity contribution is 0.669. The Morgan fingerprint density at radius 3 is 1.51 bits per heavy atom. The molecule has 0 amide bonds. The summed E-state index contributed by atoms with van der Waals surface area (Å²) in [6, 6.07) is 87.0. The predicted octanol–water partition coefficient (Wildman–Crippen LogP) is 17.0. The lowest BCUT2D eigenvalue weighted by Gasteiger charge is -2.32. The van der Waals surface area contributed by atoms with Crippen LogP contribution >= 0.6 is 0 Å². The van der Waals surface area contributed by atoms with Crippen LogP contribution in [0.5, 0.6) is 0 Å².